The van der Waals surface area contributed by atoms with E-state index in [4.69, 9.17) is 0 Å². The van der Waals surface area contributed by atoms with Gasteiger partial charge in [0.15, 0.2) is 0 Å². The lowest BCUT2D eigenvalue weighted by atomic mass is 9.86. The van der Waals surface area contributed by atoms with Crippen molar-refractivity contribution in [2.75, 3.05) is 0 Å². The second-order valence-corrected chi connectivity index (χ2v) is 6.06. The summed E-state index contributed by atoms with van der Waals surface area (Å²) in [5, 5.41) is 3.05. The van der Waals surface area contributed by atoms with Gasteiger partial charge in [0.05, 0.1) is 5.56 Å². The van der Waals surface area contributed by atoms with Gasteiger partial charge in [-0.2, -0.15) is 8.78 Å². The Bertz CT molecular complexity index is 470. The first-order valence-corrected chi connectivity index (χ1v) is 7.66. The molecule has 2 rings (SSSR count). The number of alkyl halides is 2. The fourth-order valence-corrected chi connectivity index (χ4v) is 3.10. The Morgan fingerprint density at radius 3 is 2.90 bits per heavy atom. The molecule has 0 radical (unpaired) electrons. The SMILES string of the molecule is CC1CCCCC1NC(=O)c1cccnc1SC(F)F. The molecular weight excluding hydrogens is 282 g/mol. The second kappa shape index (κ2) is 7.02. The van der Waals surface area contributed by atoms with E-state index in [2.05, 4.69) is 17.2 Å². The van der Waals surface area contributed by atoms with E-state index in [0.29, 0.717) is 17.7 Å². The predicted octanol–water partition coefficient (Wildman–Crippen LogP) is 3.70. The van der Waals surface area contributed by atoms with Gasteiger partial charge in [-0.15, -0.1) is 0 Å². The van der Waals surface area contributed by atoms with Crippen LogP contribution >= 0.6 is 11.8 Å². The van der Waals surface area contributed by atoms with E-state index in [1.165, 1.54) is 12.6 Å². The van der Waals surface area contributed by atoms with Gasteiger partial charge in [-0.3, -0.25) is 4.79 Å². The Kier molecular flexibility index (Phi) is 5.34. The highest BCUT2D eigenvalue weighted by Gasteiger charge is 2.25. The first-order valence-electron chi connectivity index (χ1n) is 6.78. The number of carbonyl (C=O) groups excluding carboxylic acids is 1. The molecule has 0 aromatic carbocycles. The summed E-state index contributed by atoms with van der Waals surface area (Å²) in [5.41, 5.74) is 0.232. The fourth-order valence-electron chi connectivity index (χ4n) is 2.52. The van der Waals surface area contributed by atoms with Crippen LogP contribution in [0.4, 0.5) is 8.78 Å². The summed E-state index contributed by atoms with van der Waals surface area (Å²) in [5.74, 6) is -2.46. The maximum atomic E-state index is 12.5. The highest BCUT2D eigenvalue weighted by molar-refractivity contribution is 7.99. The van der Waals surface area contributed by atoms with Crippen molar-refractivity contribution in [2.24, 2.45) is 5.92 Å². The molecule has 1 saturated carbocycles. The third kappa shape index (κ3) is 3.91. The lowest BCUT2D eigenvalue weighted by Crippen LogP contribution is -2.41. The Labute approximate surface area is 121 Å². The summed E-state index contributed by atoms with van der Waals surface area (Å²) in [6, 6.07) is 3.26. The fraction of sp³-hybridized carbons (Fsp3) is 0.571. The van der Waals surface area contributed by atoms with Crippen LogP contribution in [-0.2, 0) is 0 Å². The van der Waals surface area contributed by atoms with Gasteiger partial charge in [0.1, 0.15) is 5.03 Å². The third-order valence-corrected chi connectivity index (χ3v) is 4.37. The largest absolute Gasteiger partial charge is 0.349 e. The van der Waals surface area contributed by atoms with Crippen molar-refractivity contribution in [2.45, 2.75) is 49.4 Å². The predicted molar refractivity (Wildman–Crippen MR) is 75.0 cm³/mol. The van der Waals surface area contributed by atoms with Crippen molar-refractivity contribution in [1.82, 2.24) is 10.3 Å². The van der Waals surface area contributed by atoms with E-state index in [0.717, 1.165) is 19.3 Å². The maximum Gasteiger partial charge on any atom is 0.290 e. The average Bonchev–Trinajstić information content (AvgIpc) is 2.41. The molecule has 2 unspecified atom stereocenters. The molecule has 110 valence electrons. The quantitative estimate of drug-likeness (QED) is 0.862. The van der Waals surface area contributed by atoms with Crippen LogP contribution in [0, 0.1) is 5.92 Å². The van der Waals surface area contributed by atoms with Crippen LogP contribution in [0.1, 0.15) is 43.0 Å². The normalized spacial score (nSPS) is 22.8. The van der Waals surface area contributed by atoms with Crippen LogP contribution in [0.15, 0.2) is 23.4 Å². The first kappa shape index (κ1) is 15.2. The van der Waals surface area contributed by atoms with E-state index in [1.807, 2.05) is 0 Å². The second-order valence-electron chi connectivity index (χ2n) is 5.08. The van der Waals surface area contributed by atoms with Crippen LogP contribution in [0.3, 0.4) is 0 Å². The smallest absolute Gasteiger partial charge is 0.290 e. The van der Waals surface area contributed by atoms with Gasteiger partial charge in [-0.1, -0.05) is 19.8 Å². The van der Waals surface area contributed by atoms with Gasteiger partial charge in [-0.25, -0.2) is 4.98 Å². The molecule has 1 amide bonds. The summed E-state index contributed by atoms with van der Waals surface area (Å²) in [6.07, 6.45) is 5.75. The number of carbonyl (C=O) groups is 1. The van der Waals surface area contributed by atoms with Crippen molar-refractivity contribution in [3.8, 4) is 0 Å². The highest BCUT2D eigenvalue weighted by Crippen LogP contribution is 2.27. The zero-order valence-corrected chi connectivity index (χ0v) is 12.1. The third-order valence-electron chi connectivity index (χ3n) is 3.64. The van der Waals surface area contributed by atoms with Crippen LogP contribution in [0.5, 0.6) is 0 Å². The molecule has 1 fully saturated rings. The maximum absolute atomic E-state index is 12.5. The Hall–Kier alpha value is -1.17. The zero-order valence-electron chi connectivity index (χ0n) is 11.3. The minimum absolute atomic E-state index is 0.0865. The number of amides is 1. The standard InChI is InChI=1S/C14H18F2N2OS/c1-9-5-2-3-7-11(9)18-12(19)10-6-4-8-17-13(10)20-14(15)16/h4,6,8-9,11,14H,2-3,5,7H2,1H3,(H,18,19). The van der Waals surface area contributed by atoms with Gasteiger partial charge in [0.25, 0.3) is 11.7 Å². The van der Waals surface area contributed by atoms with E-state index in [-0.39, 0.29) is 22.5 Å². The van der Waals surface area contributed by atoms with Gasteiger partial charge in [-0.05, 0) is 42.7 Å². The Morgan fingerprint density at radius 2 is 2.20 bits per heavy atom. The van der Waals surface area contributed by atoms with Gasteiger partial charge >= 0.3 is 0 Å². The number of nitrogens with one attached hydrogen (secondary N) is 1. The Morgan fingerprint density at radius 1 is 1.45 bits per heavy atom. The topological polar surface area (TPSA) is 42.0 Å². The molecule has 2 atom stereocenters. The first-order chi connectivity index (χ1) is 9.58. The summed E-state index contributed by atoms with van der Waals surface area (Å²) >= 11 is 0.311. The minimum atomic E-state index is -2.58. The van der Waals surface area contributed by atoms with E-state index >= 15 is 0 Å². The molecule has 1 N–H and O–H groups in total. The number of hydrogen-bond acceptors (Lipinski definition) is 3. The van der Waals surface area contributed by atoms with Gasteiger partial charge in [0.2, 0.25) is 0 Å². The summed E-state index contributed by atoms with van der Waals surface area (Å²) in [7, 11) is 0. The average molecular weight is 300 g/mol. The molecule has 1 aromatic rings. The monoisotopic (exact) mass is 300 g/mol. The molecule has 1 aromatic heterocycles. The molecule has 0 bridgehead atoms. The molecule has 20 heavy (non-hydrogen) atoms. The molecular formula is C14H18F2N2OS. The van der Waals surface area contributed by atoms with Crippen LogP contribution in [0.25, 0.3) is 0 Å². The van der Waals surface area contributed by atoms with Gasteiger partial charge < -0.3 is 5.32 Å². The van der Waals surface area contributed by atoms with Crippen molar-refractivity contribution in [3.63, 3.8) is 0 Å². The number of aromatic nitrogens is 1. The summed E-state index contributed by atoms with van der Waals surface area (Å²) in [4.78, 5) is 16.1. The number of rotatable bonds is 4. The van der Waals surface area contributed by atoms with Gasteiger partial charge in [0, 0.05) is 12.2 Å². The zero-order chi connectivity index (χ0) is 14.5. The molecule has 0 spiro atoms. The molecule has 0 saturated heterocycles. The number of halogens is 2. The number of hydrogen-bond donors (Lipinski definition) is 1. The molecule has 1 aliphatic rings. The lowest BCUT2D eigenvalue weighted by molar-refractivity contribution is 0.0906. The molecule has 0 aliphatic heterocycles. The Balaban J connectivity index is 2.08. The molecule has 3 nitrogen and oxygen atoms in total. The van der Waals surface area contributed by atoms with Crippen LogP contribution in [0.2, 0.25) is 0 Å². The van der Waals surface area contributed by atoms with Crippen molar-refractivity contribution < 1.29 is 13.6 Å². The lowest BCUT2D eigenvalue weighted by Gasteiger charge is -2.29. The molecule has 6 heteroatoms. The summed E-state index contributed by atoms with van der Waals surface area (Å²) in [6.45, 7) is 2.11. The summed E-state index contributed by atoms with van der Waals surface area (Å²) < 4.78 is 25.0. The van der Waals surface area contributed by atoms with E-state index < -0.39 is 5.76 Å². The number of nitrogens with zero attached hydrogens (tertiary/aromatic N) is 1. The van der Waals surface area contributed by atoms with Crippen molar-refractivity contribution >= 4 is 17.7 Å². The number of pyridine rings is 1. The number of thioether (sulfide) groups is 1. The van der Waals surface area contributed by atoms with Crippen LogP contribution < -0.4 is 5.32 Å². The van der Waals surface area contributed by atoms with E-state index in [9.17, 15) is 13.6 Å². The highest BCUT2D eigenvalue weighted by atomic mass is 32.2. The molecule has 1 aliphatic carbocycles. The van der Waals surface area contributed by atoms with Crippen molar-refractivity contribution in [1.29, 1.82) is 0 Å². The van der Waals surface area contributed by atoms with Crippen molar-refractivity contribution in [3.05, 3.63) is 23.9 Å². The van der Waals surface area contributed by atoms with Crippen LogP contribution in [-0.4, -0.2) is 22.7 Å². The molecule has 1 heterocycles. The minimum Gasteiger partial charge on any atom is -0.349 e. The van der Waals surface area contributed by atoms with E-state index in [1.54, 1.807) is 12.1 Å².